The van der Waals surface area contributed by atoms with Gasteiger partial charge in [0.25, 0.3) is 5.56 Å². The number of nitrogens with one attached hydrogen (secondary N) is 1. The molecule has 2 rings (SSSR count). The van der Waals surface area contributed by atoms with Gasteiger partial charge in [-0.25, -0.2) is 4.79 Å². The van der Waals surface area contributed by atoms with E-state index in [1.54, 1.807) is 0 Å². The van der Waals surface area contributed by atoms with E-state index >= 15 is 0 Å². The first-order valence-electron chi connectivity index (χ1n) is 7.18. The molecule has 112 valence electrons. The van der Waals surface area contributed by atoms with Crippen LogP contribution in [0.2, 0.25) is 0 Å². The molecule has 1 saturated heterocycles. The maximum atomic E-state index is 11.8. The molecule has 20 heavy (non-hydrogen) atoms. The fourth-order valence-electron chi connectivity index (χ4n) is 2.61. The van der Waals surface area contributed by atoms with Crippen molar-refractivity contribution in [3.63, 3.8) is 0 Å². The minimum absolute atomic E-state index is 0.129. The van der Waals surface area contributed by atoms with Crippen LogP contribution in [0.15, 0.2) is 9.59 Å². The smallest absolute Gasteiger partial charge is 0.331 e. The second-order valence-corrected chi connectivity index (χ2v) is 5.58. The summed E-state index contributed by atoms with van der Waals surface area (Å²) < 4.78 is 6.84. The van der Waals surface area contributed by atoms with Gasteiger partial charge in [0, 0.05) is 13.2 Å². The number of hydrogen-bond acceptors (Lipinski definition) is 4. The van der Waals surface area contributed by atoms with Crippen LogP contribution in [0, 0.1) is 0 Å². The molecule has 0 saturated carbocycles. The van der Waals surface area contributed by atoms with Gasteiger partial charge in [-0.1, -0.05) is 13.8 Å². The topological polar surface area (TPSA) is 84.3 Å². The Kier molecular flexibility index (Phi) is 4.65. The Labute approximate surface area is 117 Å². The van der Waals surface area contributed by atoms with Crippen molar-refractivity contribution in [3.8, 4) is 5.88 Å². The quantitative estimate of drug-likeness (QED) is 0.872. The van der Waals surface area contributed by atoms with E-state index in [2.05, 4.69) is 4.98 Å². The highest BCUT2D eigenvalue weighted by Crippen LogP contribution is 2.21. The minimum atomic E-state index is -0.562. The second kappa shape index (κ2) is 6.26. The lowest BCUT2D eigenvalue weighted by atomic mass is 10.1. The molecule has 1 aliphatic heterocycles. The van der Waals surface area contributed by atoms with Crippen LogP contribution in [0.3, 0.4) is 0 Å². The molecule has 1 unspecified atom stereocenters. The number of aromatic amines is 1. The molecule has 6 heteroatoms. The van der Waals surface area contributed by atoms with Gasteiger partial charge in [0.1, 0.15) is 0 Å². The fourth-order valence-corrected chi connectivity index (χ4v) is 2.61. The average Bonchev–Trinajstić information content (AvgIpc) is 2.38. The molecule has 2 heterocycles. The first-order valence-corrected chi connectivity index (χ1v) is 7.18. The van der Waals surface area contributed by atoms with Crippen LogP contribution < -0.4 is 11.2 Å². The molecule has 0 spiro atoms. The average molecular weight is 282 g/mol. The van der Waals surface area contributed by atoms with Crippen LogP contribution in [0.25, 0.3) is 0 Å². The predicted molar refractivity (Wildman–Crippen MR) is 75.3 cm³/mol. The molecule has 6 nitrogen and oxygen atoms in total. The van der Waals surface area contributed by atoms with E-state index in [4.69, 9.17) is 4.74 Å². The van der Waals surface area contributed by atoms with Gasteiger partial charge < -0.3 is 9.84 Å². The first-order chi connectivity index (χ1) is 9.50. The van der Waals surface area contributed by atoms with E-state index in [9.17, 15) is 14.7 Å². The van der Waals surface area contributed by atoms with Gasteiger partial charge in [0.2, 0.25) is 5.88 Å². The van der Waals surface area contributed by atoms with Crippen LogP contribution in [0.1, 0.15) is 51.0 Å². The Morgan fingerprint density at radius 2 is 2.15 bits per heavy atom. The summed E-state index contributed by atoms with van der Waals surface area (Å²) in [6.07, 6.45) is 3.99. The summed E-state index contributed by atoms with van der Waals surface area (Å²) in [6, 6.07) is 0. The monoisotopic (exact) mass is 282 g/mol. The third-order valence-electron chi connectivity index (χ3n) is 3.73. The van der Waals surface area contributed by atoms with Crippen molar-refractivity contribution in [2.24, 2.45) is 0 Å². The van der Waals surface area contributed by atoms with Gasteiger partial charge in [-0.3, -0.25) is 14.3 Å². The number of nitrogens with zero attached hydrogens (tertiary/aromatic N) is 1. The number of hydrogen-bond donors (Lipinski definition) is 2. The highest BCUT2D eigenvalue weighted by atomic mass is 16.5. The molecular formula is C14H22N2O4. The molecule has 0 amide bonds. The third kappa shape index (κ3) is 3.12. The van der Waals surface area contributed by atoms with Crippen LogP contribution in [0.4, 0.5) is 0 Å². The summed E-state index contributed by atoms with van der Waals surface area (Å²) in [5.41, 5.74) is -0.811. The zero-order valence-electron chi connectivity index (χ0n) is 12.0. The lowest BCUT2D eigenvalue weighted by molar-refractivity contribution is 0.00830. The number of rotatable bonds is 4. The Bertz CT molecular complexity index is 568. The molecule has 1 aromatic heterocycles. The molecule has 1 atom stereocenters. The summed E-state index contributed by atoms with van der Waals surface area (Å²) in [6.45, 7) is 4.73. The van der Waals surface area contributed by atoms with Crippen molar-refractivity contribution in [1.29, 1.82) is 0 Å². The van der Waals surface area contributed by atoms with Crippen LogP contribution in [-0.4, -0.2) is 27.4 Å². The summed E-state index contributed by atoms with van der Waals surface area (Å²) >= 11 is 0. The Hall–Kier alpha value is -1.56. The lowest BCUT2D eigenvalue weighted by Crippen LogP contribution is -2.34. The molecular weight excluding hydrogens is 260 g/mol. The van der Waals surface area contributed by atoms with Gasteiger partial charge in [-0.05, 0) is 31.6 Å². The molecule has 1 fully saturated rings. The predicted octanol–water partition coefficient (Wildman–Crippen LogP) is 1.32. The van der Waals surface area contributed by atoms with Crippen molar-refractivity contribution in [3.05, 3.63) is 26.4 Å². The largest absolute Gasteiger partial charge is 0.494 e. The summed E-state index contributed by atoms with van der Waals surface area (Å²) in [5, 5.41) is 10.2. The number of aromatic hydroxyl groups is 1. The van der Waals surface area contributed by atoms with Crippen molar-refractivity contribution >= 4 is 0 Å². The second-order valence-electron chi connectivity index (χ2n) is 5.58. The molecule has 1 aromatic rings. The summed E-state index contributed by atoms with van der Waals surface area (Å²) in [5.74, 6) is -0.360. The highest BCUT2D eigenvalue weighted by Gasteiger charge is 2.19. The SMILES string of the molecule is CC(C)c1c(O)n(CCC2CCCCO2)c(=O)[nH]c1=O. The zero-order valence-corrected chi connectivity index (χ0v) is 12.0. The molecule has 1 aliphatic rings. The summed E-state index contributed by atoms with van der Waals surface area (Å²) in [4.78, 5) is 25.8. The van der Waals surface area contributed by atoms with Crippen molar-refractivity contribution in [2.45, 2.75) is 58.1 Å². The maximum Gasteiger partial charge on any atom is 0.331 e. The van der Waals surface area contributed by atoms with Gasteiger partial charge in [-0.15, -0.1) is 0 Å². The highest BCUT2D eigenvalue weighted by molar-refractivity contribution is 5.25. The van der Waals surface area contributed by atoms with E-state index in [-0.39, 0.29) is 23.5 Å². The molecule has 0 aromatic carbocycles. The molecule has 0 radical (unpaired) electrons. The third-order valence-corrected chi connectivity index (χ3v) is 3.73. The van der Waals surface area contributed by atoms with E-state index < -0.39 is 11.2 Å². The van der Waals surface area contributed by atoms with E-state index in [0.29, 0.717) is 13.0 Å². The Morgan fingerprint density at radius 3 is 2.75 bits per heavy atom. The van der Waals surface area contributed by atoms with E-state index in [0.717, 1.165) is 25.9 Å². The Morgan fingerprint density at radius 1 is 1.40 bits per heavy atom. The van der Waals surface area contributed by atoms with Crippen molar-refractivity contribution in [2.75, 3.05) is 6.61 Å². The van der Waals surface area contributed by atoms with Crippen LogP contribution >= 0.6 is 0 Å². The first kappa shape index (κ1) is 14.8. The van der Waals surface area contributed by atoms with Crippen LogP contribution in [-0.2, 0) is 11.3 Å². The van der Waals surface area contributed by atoms with Gasteiger partial charge in [0.15, 0.2) is 0 Å². The Balaban J connectivity index is 2.20. The van der Waals surface area contributed by atoms with Gasteiger partial charge >= 0.3 is 5.69 Å². The lowest BCUT2D eigenvalue weighted by Gasteiger charge is -2.23. The van der Waals surface area contributed by atoms with Gasteiger partial charge in [0.05, 0.1) is 11.7 Å². The number of aromatic nitrogens is 2. The molecule has 0 bridgehead atoms. The maximum absolute atomic E-state index is 11.8. The zero-order chi connectivity index (χ0) is 14.7. The van der Waals surface area contributed by atoms with Crippen molar-refractivity contribution in [1.82, 2.24) is 9.55 Å². The molecule has 2 N–H and O–H groups in total. The number of ether oxygens (including phenoxy) is 1. The van der Waals surface area contributed by atoms with Crippen molar-refractivity contribution < 1.29 is 9.84 Å². The van der Waals surface area contributed by atoms with Gasteiger partial charge in [-0.2, -0.15) is 0 Å². The number of H-pyrrole nitrogens is 1. The van der Waals surface area contributed by atoms with E-state index in [1.165, 1.54) is 4.57 Å². The normalized spacial score (nSPS) is 19.4. The standard InChI is InChI=1S/C14H22N2O4/c1-9(2)11-12(17)15-14(19)16(13(11)18)7-6-10-5-3-4-8-20-10/h9-10,18H,3-8H2,1-2H3,(H,15,17,19). The fraction of sp³-hybridized carbons (Fsp3) is 0.714. The van der Waals surface area contributed by atoms with E-state index in [1.807, 2.05) is 13.8 Å². The van der Waals surface area contributed by atoms with Crippen LogP contribution in [0.5, 0.6) is 5.88 Å². The summed E-state index contributed by atoms with van der Waals surface area (Å²) in [7, 11) is 0. The minimum Gasteiger partial charge on any atom is -0.494 e. The molecule has 0 aliphatic carbocycles.